The Labute approximate surface area is 512 Å². The van der Waals surface area contributed by atoms with E-state index in [4.69, 9.17) is 52.7 Å². The number of aryl methyl sites for hydroxylation is 2. The van der Waals surface area contributed by atoms with E-state index in [2.05, 4.69) is 20.9 Å². The largest absolute Gasteiger partial charge is 0.478 e. The van der Waals surface area contributed by atoms with Gasteiger partial charge in [-0.1, -0.05) is 23.2 Å². The number of carbonyl (C=O) groups is 6. The Hall–Kier alpha value is -10.9. The van der Waals surface area contributed by atoms with Crippen molar-refractivity contribution in [2.24, 2.45) is 0 Å². The number of alkyl halides is 6. The lowest BCUT2D eigenvalue weighted by Gasteiger charge is -2.15. The maximum atomic E-state index is 13.3. The van der Waals surface area contributed by atoms with E-state index < -0.39 is 87.7 Å². The number of nitrogens with one attached hydrogen (secondary N) is 3. The lowest BCUT2D eigenvalue weighted by molar-refractivity contribution is -0.138. The number of halogens is 11. The Kier molecular flexibility index (Phi) is 21.3. The number of benzene rings is 8. The first-order chi connectivity index (χ1) is 42.4. The normalized spacial score (nSPS) is 10.9. The van der Waals surface area contributed by atoms with Crippen LogP contribution in [0.3, 0.4) is 0 Å². The van der Waals surface area contributed by atoms with Crippen molar-refractivity contribution in [1.82, 2.24) is 4.98 Å². The summed E-state index contributed by atoms with van der Waals surface area (Å²) in [5.41, 5.74) is -1.65. The zero-order chi connectivity index (χ0) is 65.8. The number of aromatic carboxylic acids is 3. The minimum absolute atomic E-state index is 0.0205. The van der Waals surface area contributed by atoms with Gasteiger partial charge in [-0.2, -0.15) is 26.3 Å². The number of nitrogens with zero attached hydrogens (tertiary/aromatic N) is 1. The van der Waals surface area contributed by atoms with Crippen LogP contribution in [0.25, 0.3) is 0 Å². The van der Waals surface area contributed by atoms with Gasteiger partial charge in [0.15, 0.2) is 0 Å². The fourth-order valence-electron chi connectivity index (χ4n) is 7.64. The molecule has 0 radical (unpaired) electrons. The number of carboxylic acids is 3. The topological polar surface area (TPSA) is 240 Å². The molecule has 6 N–H and O–H groups in total. The third-order valence-corrected chi connectivity index (χ3v) is 12.9. The smallest absolute Gasteiger partial charge is 0.416 e. The van der Waals surface area contributed by atoms with Crippen LogP contribution in [-0.4, -0.2) is 55.9 Å². The first-order valence-corrected chi connectivity index (χ1v) is 26.2. The van der Waals surface area contributed by atoms with Crippen molar-refractivity contribution >= 4 is 75.9 Å². The molecule has 9 aromatic rings. The van der Waals surface area contributed by atoms with Gasteiger partial charge >= 0.3 is 30.3 Å². The summed E-state index contributed by atoms with van der Waals surface area (Å²) in [6.45, 7) is 3.10. The second kappa shape index (κ2) is 28.7. The van der Waals surface area contributed by atoms with E-state index in [1.165, 1.54) is 128 Å². The lowest BCUT2D eigenvalue weighted by Crippen LogP contribution is -2.15. The molecule has 462 valence electrons. The highest BCUT2D eigenvalue weighted by Gasteiger charge is 2.34. The zero-order valence-electron chi connectivity index (χ0n) is 45.9. The molecular formula is C63H41Cl2F9N4O12. The second-order valence-electron chi connectivity index (χ2n) is 18.6. The van der Waals surface area contributed by atoms with Gasteiger partial charge in [0.2, 0.25) is 0 Å². The summed E-state index contributed by atoms with van der Waals surface area (Å²) in [5.74, 6) is -6.95. The van der Waals surface area contributed by atoms with Crippen molar-refractivity contribution in [3.05, 3.63) is 259 Å². The number of pyridine rings is 1. The Balaban J connectivity index is 0.000000192. The van der Waals surface area contributed by atoms with Crippen LogP contribution in [-0.2, 0) is 12.4 Å². The van der Waals surface area contributed by atoms with Crippen LogP contribution in [0.15, 0.2) is 176 Å². The molecule has 90 heavy (non-hydrogen) atoms. The van der Waals surface area contributed by atoms with Gasteiger partial charge in [0.1, 0.15) is 57.6 Å². The summed E-state index contributed by atoms with van der Waals surface area (Å²) < 4.78 is 136. The van der Waals surface area contributed by atoms with Crippen molar-refractivity contribution in [2.75, 3.05) is 16.0 Å². The molecule has 0 unspecified atom stereocenters. The zero-order valence-corrected chi connectivity index (χ0v) is 47.4. The second-order valence-corrected chi connectivity index (χ2v) is 19.4. The number of rotatable bonds is 15. The number of aromatic nitrogens is 1. The van der Waals surface area contributed by atoms with Crippen LogP contribution < -0.4 is 30.2 Å². The quantitative estimate of drug-likeness (QED) is 0.0524. The third-order valence-electron chi connectivity index (χ3n) is 12.1. The maximum Gasteiger partial charge on any atom is 0.416 e. The minimum atomic E-state index is -4.69. The number of carboxylic acid groups (broad SMARTS) is 3. The van der Waals surface area contributed by atoms with Gasteiger partial charge in [-0.25, -0.2) is 32.5 Å². The summed E-state index contributed by atoms with van der Waals surface area (Å²) in [6, 6.07) is 32.8. The van der Waals surface area contributed by atoms with E-state index in [1.807, 2.05) is 0 Å². The SMILES string of the molecule is Cc1cc(F)ccc1Oc1ccc(C(F)(F)F)cc1C(=O)Nc1ccc(C(=O)O)cc1.Cc1cc(F)ccc1Oc1ccc(C(F)(F)F)cc1C(=O)Nc1ccc(C(=O)O)cc1.O=C(O)c1ccc(NC(=O)c2cc(Cl)c(Cl)cc2Oc2ccc(F)cc2)cn1. The van der Waals surface area contributed by atoms with Crippen molar-refractivity contribution < 1.29 is 97.8 Å². The Morgan fingerprint density at radius 2 is 0.789 bits per heavy atom. The minimum Gasteiger partial charge on any atom is -0.478 e. The molecule has 0 saturated heterocycles. The molecule has 0 saturated carbocycles. The standard InChI is InChI=1S/2C22H15F4NO4.C19H11Cl2FN2O4/c2*1-12-10-15(23)5-9-18(12)31-19-8-4-14(22(24,25)26)11-17(19)20(28)27-16-6-2-13(3-7-16)21(29)30;20-14-7-13(18(25)24-11-3-6-16(19(26)27)23-9-11)17(8-15(14)21)28-12-4-1-10(22)2-5-12/h2*2-11H,1H3,(H,27,28)(H,29,30);1-9H,(H,24,25)(H,26,27). The summed E-state index contributed by atoms with van der Waals surface area (Å²) in [6.07, 6.45) is -8.18. The van der Waals surface area contributed by atoms with E-state index in [1.54, 1.807) is 13.8 Å². The number of amides is 3. The third kappa shape index (κ3) is 18.1. The average Bonchev–Trinajstić information content (AvgIpc) is 0.934. The number of ether oxygens (including phenoxy) is 3. The van der Waals surface area contributed by atoms with Gasteiger partial charge in [-0.15, -0.1) is 0 Å². The molecule has 0 bridgehead atoms. The molecule has 3 amide bonds. The molecule has 0 aliphatic heterocycles. The predicted octanol–water partition coefficient (Wildman–Crippen LogP) is 17.1. The van der Waals surface area contributed by atoms with E-state index in [0.29, 0.717) is 29.0 Å². The Morgan fingerprint density at radius 1 is 0.411 bits per heavy atom. The van der Waals surface area contributed by atoms with Gasteiger partial charge in [-0.3, -0.25) is 14.4 Å². The van der Waals surface area contributed by atoms with Gasteiger partial charge in [0.25, 0.3) is 17.7 Å². The lowest BCUT2D eigenvalue weighted by atomic mass is 10.1. The number of hydrogen-bond donors (Lipinski definition) is 6. The highest BCUT2D eigenvalue weighted by Crippen LogP contribution is 2.39. The van der Waals surface area contributed by atoms with E-state index in [9.17, 15) is 68.3 Å². The first kappa shape index (κ1) is 66.6. The van der Waals surface area contributed by atoms with E-state index in [-0.39, 0.29) is 78.2 Å². The fraction of sp³-hybridized carbons (Fsp3) is 0.0635. The van der Waals surface area contributed by atoms with Crippen molar-refractivity contribution in [2.45, 2.75) is 26.2 Å². The summed E-state index contributed by atoms with van der Waals surface area (Å²) in [4.78, 5) is 74.5. The van der Waals surface area contributed by atoms with Crippen molar-refractivity contribution in [3.63, 3.8) is 0 Å². The maximum absolute atomic E-state index is 13.3. The van der Waals surface area contributed by atoms with Crippen LogP contribution in [0.1, 0.15) is 84.5 Å². The predicted molar refractivity (Wildman–Crippen MR) is 310 cm³/mol. The van der Waals surface area contributed by atoms with Crippen LogP contribution in [0.4, 0.5) is 56.6 Å². The molecule has 1 aromatic heterocycles. The summed E-state index contributed by atoms with van der Waals surface area (Å²) >= 11 is 12.0. The van der Waals surface area contributed by atoms with Gasteiger partial charge < -0.3 is 45.5 Å². The van der Waals surface area contributed by atoms with Crippen LogP contribution in [0.5, 0.6) is 34.5 Å². The molecule has 0 atom stereocenters. The van der Waals surface area contributed by atoms with Crippen LogP contribution >= 0.6 is 23.2 Å². The molecule has 8 aromatic carbocycles. The highest BCUT2D eigenvalue weighted by atomic mass is 35.5. The molecule has 9 rings (SSSR count). The van der Waals surface area contributed by atoms with Crippen molar-refractivity contribution in [1.29, 1.82) is 0 Å². The van der Waals surface area contributed by atoms with Gasteiger partial charge in [-0.05, 0) is 189 Å². The number of anilines is 3. The monoisotopic (exact) mass is 1290 g/mol. The number of carbonyl (C=O) groups excluding carboxylic acids is 3. The Morgan fingerprint density at radius 3 is 1.17 bits per heavy atom. The highest BCUT2D eigenvalue weighted by molar-refractivity contribution is 6.42. The molecule has 0 spiro atoms. The Bertz CT molecular complexity index is 3990. The van der Waals surface area contributed by atoms with Crippen LogP contribution in [0.2, 0.25) is 10.0 Å². The van der Waals surface area contributed by atoms with Gasteiger partial charge in [0.05, 0.1) is 60.9 Å². The van der Waals surface area contributed by atoms with Crippen LogP contribution in [0, 0.1) is 31.3 Å². The van der Waals surface area contributed by atoms with Crippen molar-refractivity contribution in [3.8, 4) is 34.5 Å². The fourth-order valence-corrected chi connectivity index (χ4v) is 7.96. The average molecular weight is 1290 g/mol. The summed E-state index contributed by atoms with van der Waals surface area (Å²) in [7, 11) is 0. The van der Waals surface area contributed by atoms with E-state index in [0.717, 1.165) is 36.4 Å². The molecule has 1 heterocycles. The van der Waals surface area contributed by atoms with Gasteiger partial charge in [0, 0.05) is 17.4 Å². The molecular weight excluding hydrogens is 1250 g/mol. The number of hydrogen-bond acceptors (Lipinski definition) is 10. The van der Waals surface area contributed by atoms with E-state index >= 15 is 0 Å². The first-order valence-electron chi connectivity index (χ1n) is 25.5. The molecule has 27 heteroatoms. The summed E-state index contributed by atoms with van der Waals surface area (Å²) in [5, 5.41) is 34.4. The molecule has 0 aliphatic rings. The molecule has 16 nitrogen and oxygen atoms in total. The molecule has 0 fully saturated rings. The molecule has 0 aliphatic carbocycles.